The molecule has 152 valence electrons. The molecule has 1 fully saturated rings. The third-order valence-electron chi connectivity index (χ3n) is 4.78. The van der Waals surface area contributed by atoms with Crippen molar-refractivity contribution in [1.29, 1.82) is 0 Å². The lowest BCUT2D eigenvalue weighted by molar-refractivity contribution is 0.0933. The summed E-state index contributed by atoms with van der Waals surface area (Å²) >= 11 is 0. The zero-order valence-electron chi connectivity index (χ0n) is 16.5. The molecule has 7 nitrogen and oxygen atoms in total. The van der Waals surface area contributed by atoms with Crippen LogP contribution in [0.2, 0.25) is 0 Å². The fourth-order valence-electron chi connectivity index (χ4n) is 3.44. The first kappa shape index (κ1) is 25.1. The van der Waals surface area contributed by atoms with E-state index >= 15 is 0 Å². The Morgan fingerprint density at radius 2 is 1.81 bits per heavy atom. The van der Waals surface area contributed by atoms with Crippen molar-refractivity contribution in [3.8, 4) is 0 Å². The topological polar surface area (TPSA) is 75.1 Å². The Morgan fingerprint density at radius 3 is 2.35 bits per heavy atom. The third kappa shape index (κ3) is 6.37. The number of aromatic nitrogens is 3. The van der Waals surface area contributed by atoms with Gasteiger partial charge in [-0.2, -0.15) is 0 Å². The van der Waals surface area contributed by atoms with Gasteiger partial charge in [-0.1, -0.05) is 5.21 Å². The number of halogens is 2. The molecule has 1 aliphatic rings. The van der Waals surface area contributed by atoms with Gasteiger partial charge in [0.25, 0.3) is 5.91 Å². The second-order valence-corrected chi connectivity index (χ2v) is 7.13. The van der Waals surface area contributed by atoms with Crippen molar-refractivity contribution in [3.05, 3.63) is 11.4 Å². The van der Waals surface area contributed by atoms with Gasteiger partial charge < -0.3 is 10.6 Å². The summed E-state index contributed by atoms with van der Waals surface area (Å²) in [5, 5.41) is 14.7. The number of carbonyl (C=O) groups is 1. The van der Waals surface area contributed by atoms with Crippen LogP contribution in [0.25, 0.3) is 0 Å². The minimum absolute atomic E-state index is 0. The van der Waals surface area contributed by atoms with E-state index < -0.39 is 0 Å². The van der Waals surface area contributed by atoms with E-state index in [-0.39, 0.29) is 30.7 Å². The van der Waals surface area contributed by atoms with Gasteiger partial charge in [0.1, 0.15) is 0 Å². The van der Waals surface area contributed by atoms with E-state index in [0.717, 1.165) is 38.2 Å². The number of amides is 1. The van der Waals surface area contributed by atoms with Crippen molar-refractivity contribution >= 4 is 30.7 Å². The van der Waals surface area contributed by atoms with Gasteiger partial charge >= 0.3 is 0 Å². The van der Waals surface area contributed by atoms with Gasteiger partial charge in [0.15, 0.2) is 5.69 Å². The van der Waals surface area contributed by atoms with Crippen LogP contribution < -0.4 is 10.6 Å². The molecule has 1 saturated heterocycles. The maximum Gasteiger partial charge on any atom is 0.273 e. The maximum absolute atomic E-state index is 12.4. The second-order valence-electron chi connectivity index (χ2n) is 7.13. The van der Waals surface area contributed by atoms with Crippen LogP contribution in [0.3, 0.4) is 0 Å². The predicted octanol–water partition coefficient (Wildman–Crippen LogP) is 2.20. The number of nitrogens with one attached hydrogen (secondary N) is 2. The molecule has 1 aliphatic heterocycles. The predicted molar refractivity (Wildman–Crippen MR) is 110 cm³/mol. The van der Waals surface area contributed by atoms with Gasteiger partial charge in [0, 0.05) is 25.2 Å². The van der Waals surface area contributed by atoms with Crippen molar-refractivity contribution in [2.45, 2.75) is 65.6 Å². The molecule has 0 aliphatic carbocycles. The highest BCUT2D eigenvalue weighted by Gasteiger charge is 2.23. The molecule has 0 radical (unpaired) electrons. The lowest BCUT2D eigenvalue weighted by Gasteiger charge is -2.30. The largest absolute Gasteiger partial charge is 0.349 e. The Labute approximate surface area is 169 Å². The summed E-state index contributed by atoms with van der Waals surface area (Å²) in [6, 6.07) is 1.27. The summed E-state index contributed by atoms with van der Waals surface area (Å²) in [5.41, 5.74) is 1.32. The van der Waals surface area contributed by atoms with E-state index in [1.807, 2.05) is 11.6 Å². The Hall–Kier alpha value is -0.890. The van der Waals surface area contributed by atoms with Crippen molar-refractivity contribution in [2.75, 3.05) is 26.2 Å². The lowest BCUT2D eigenvalue weighted by Crippen LogP contribution is -2.42. The first-order chi connectivity index (χ1) is 11.4. The van der Waals surface area contributed by atoms with Crippen molar-refractivity contribution in [3.63, 3.8) is 0 Å². The zero-order chi connectivity index (χ0) is 17.7. The molecular formula is C17H34Cl2N6O. The van der Waals surface area contributed by atoms with Gasteiger partial charge in [-0.15, -0.1) is 29.9 Å². The molecule has 1 amide bonds. The van der Waals surface area contributed by atoms with Crippen LogP contribution in [0.15, 0.2) is 0 Å². The number of carbonyl (C=O) groups excluding carboxylic acids is 1. The Bertz CT molecular complexity index is 535. The van der Waals surface area contributed by atoms with Crippen LogP contribution in [-0.2, 0) is 0 Å². The van der Waals surface area contributed by atoms with Crippen LogP contribution in [0.4, 0.5) is 0 Å². The highest BCUT2D eigenvalue weighted by Crippen LogP contribution is 2.20. The molecule has 2 N–H and O–H groups in total. The molecule has 0 atom stereocenters. The standard InChI is InChI=1S/C17H32N6O.2ClH/c1-12(2)22(13(3)4)11-10-19-17(24)16-14(5)23(21-20-16)15-6-8-18-9-7-15;;/h12-13,15,18H,6-11H2,1-5H3,(H,19,24);2*1H. The highest BCUT2D eigenvalue weighted by atomic mass is 35.5. The lowest BCUT2D eigenvalue weighted by atomic mass is 10.1. The van der Waals surface area contributed by atoms with Crippen molar-refractivity contribution in [2.24, 2.45) is 0 Å². The van der Waals surface area contributed by atoms with Crippen LogP contribution in [0.5, 0.6) is 0 Å². The van der Waals surface area contributed by atoms with Gasteiger partial charge in [0.05, 0.1) is 11.7 Å². The highest BCUT2D eigenvalue weighted by molar-refractivity contribution is 5.93. The summed E-state index contributed by atoms with van der Waals surface area (Å²) in [4.78, 5) is 14.8. The molecule has 2 rings (SSSR count). The number of hydrogen-bond acceptors (Lipinski definition) is 5. The quantitative estimate of drug-likeness (QED) is 0.722. The molecular weight excluding hydrogens is 375 g/mol. The molecule has 1 aromatic heterocycles. The van der Waals surface area contributed by atoms with Crippen molar-refractivity contribution in [1.82, 2.24) is 30.5 Å². The Morgan fingerprint density at radius 1 is 1.23 bits per heavy atom. The van der Waals surface area contributed by atoms with E-state index in [9.17, 15) is 4.79 Å². The van der Waals surface area contributed by atoms with E-state index in [4.69, 9.17) is 0 Å². The molecule has 0 aromatic carbocycles. The SMILES string of the molecule is Cc1c(C(=O)NCCN(C(C)C)C(C)C)nnn1C1CCNCC1.Cl.Cl. The Kier molecular flexibility index (Phi) is 11.3. The van der Waals surface area contributed by atoms with Crippen LogP contribution in [-0.4, -0.2) is 64.1 Å². The first-order valence-electron chi connectivity index (χ1n) is 9.08. The number of rotatable bonds is 7. The smallest absolute Gasteiger partial charge is 0.273 e. The summed E-state index contributed by atoms with van der Waals surface area (Å²) in [5.74, 6) is -0.125. The molecule has 0 spiro atoms. The molecule has 9 heteroatoms. The zero-order valence-corrected chi connectivity index (χ0v) is 18.1. The monoisotopic (exact) mass is 408 g/mol. The third-order valence-corrected chi connectivity index (χ3v) is 4.78. The minimum Gasteiger partial charge on any atom is -0.349 e. The van der Waals surface area contributed by atoms with Crippen molar-refractivity contribution < 1.29 is 4.79 Å². The maximum atomic E-state index is 12.4. The van der Waals surface area contributed by atoms with Crippen LogP contribution in [0.1, 0.15) is 62.8 Å². The number of piperidine rings is 1. The summed E-state index contributed by atoms with van der Waals surface area (Å²) in [6.45, 7) is 14.1. The van der Waals surface area contributed by atoms with Crippen LogP contribution in [0, 0.1) is 6.92 Å². The minimum atomic E-state index is -0.125. The fourth-order valence-corrected chi connectivity index (χ4v) is 3.44. The molecule has 1 aromatic rings. The summed E-state index contributed by atoms with van der Waals surface area (Å²) in [7, 11) is 0. The molecule has 26 heavy (non-hydrogen) atoms. The molecule has 0 saturated carbocycles. The average Bonchev–Trinajstić information content (AvgIpc) is 2.93. The van der Waals surface area contributed by atoms with E-state index in [0.29, 0.717) is 30.4 Å². The first-order valence-corrected chi connectivity index (χ1v) is 9.08. The molecule has 0 bridgehead atoms. The fraction of sp³-hybridized carbons (Fsp3) is 0.824. The summed E-state index contributed by atoms with van der Waals surface area (Å²) < 4.78 is 1.92. The van der Waals surface area contributed by atoms with E-state index in [1.165, 1.54) is 0 Å². The Balaban J connectivity index is 0.00000312. The molecule has 0 unspecified atom stereocenters. The normalized spacial score (nSPS) is 15.1. The van der Waals surface area contributed by atoms with Gasteiger partial charge in [0.2, 0.25) is 0 Å². The number of hydrogen-bond donors (Lipinski definition) is 2. The average molecular weight is 409 g/mol. The summed E-state index contributed by atoms with van der Waals surface area (Å²) in [6.07, 6.45) is 2.06. The van der Waals surface area contributed by atoms with E-state index in [1.54, 1.807) is 0 Å². The van der Waals surface area contributed by atoms with Crippen LogP contribution >= 0.6 is 24.8 Å². The van der Waals surface area contributed by atoms with Gasteiger partial charge in [-0.3, -0.25) is 9.69 Å². The number of nitrogens with zero attached hydrogens (tertiary/aromatic N) is 4. The van der Waals surface area contributed by atoms with Gasteiger partial charge in [-0.25, -0.2) is 4.68 Å². The second kappa shape index (κ2) is 11.7. The van der Waals surface area contributed by atoms with E-state index in [2.05, 4.69) is 53.5 Å². The van der Waals surface area contributed by atoms with Gasteiger partial charge in [-0.05, 0) is 60.5 Å². The molecule has 2 heterocycles.